The Morgan fingerprint density at radius 1 is 1.09 bits per heavy atom. The number of benzene rings is 1. The van der Waals surface area contributed by atoms with Gasteiger partial charge in [0.2, 0.25) is 11.9 Å². The molecule has 1 aromatic carbocycles. The molecule has 3 aromatic heterocycles. The Morgan fingerprint density at radius 2 is 1.88 bits per heavy atom. The number of hydrogen-bond acceptors (Lipinski definition) is 8. The highest BCUT2D eigenvalue weighted by molar-refractivity contribution is 7.99. The minimum atomic E-state index is 0.0920. The molecule has 4 heterocycles. The maximum Gasteiger partial charge on any atom is 0.233 e. The van der Waals surface area contributed by atoms with Crippen LogP contribution >= 0.6 is 11.8 Å². The molecule has 1 amide bonds. The van der Waals surface area contributed by atoms with Gasteiger partial charge in [0.15, 0.2) is 10.8 Å². The number of nitrogens with zero attached hydrogens (tertiary/aromatic N) is 7. The van der Waals surface area contributed by atoms with E-state index in [1.807, 2.05) is 33.6 Å². The summed E-state index contributed by atoms with van der Waals surface area (Å²) in [6, 6.07) is 9.78. The molecular formula is C22H23N7O2S. The molecule has 32 heavy (non-hydrogen) atoms. The summed E-state index contributed by atoms with van der Waals surface area (Å²) in [6.45, 7) is 4.80. The number of ether oxygens (including phenoxy) is 1. The summed E-state index contributed by atoms with van der Waals surface area (Å²) in [5, 5.41) is 10.5. The lowest BCUT2D eigenvalue weighted by Gasteiger charge is -2.34. The van der Waals surface area contributed by atoms with Crippen LogP contribution in [0, 0.1) is 6.92 Å². The Balaban J connectivity index is 1.30. The van der Waals surface area contributed by atoms with Crippen LogP contribution in [0.3, 0.4) is 0 Å². The van der Waals surface area contributed by atoms with Crippen LogP contribution in [0.4, 0.5) is 5.95 Å². The van der Waals surface area contributed by atoms with Crippen molar-refractivity contribution in [3.63, 3.8) is 0 Å². The Bertz CT molecular complexity index is 1270. The molecule has 4 aromatic rings. The molecule has 0 aliphatic carbocycles. The van der Waals surface area contributed by atoms with E-state index in [1.165, 1.54) is 11.8 Å². The highest BCUT2D eigenvalue weighted by atomic mass is 32.2. The predicted molar refractivity (Wildman–Crippen MR) is 123 cm³/mol. The summed E-state index contributed by atoms with van der Waals surface area (Å²) in [5.41, 5.74) is 2.85. The van der Waals surface area contributed by atoms with Crippen molar-refractivity contribution >= 4 is 40.2 Å². The molecule has 0 N–H and O–H groups in total. The van der Waals surface area contributed by atoms with E-state index in [0.29, 0.717) is 29.9 Å². The minimum Gasteiger partial charge on any atom is -0.497 e. The molecule has 0 bridgehead atoms. The molecule has 1 aliphatic rings. The summed E-state index contributed by atoms with van der Waals surface area (Å²) >= 11 is 1.41. The topological polar surface area (TPSA) is 88.8 Å². The number of thioether (sulfide) groups is 1. The average molecular weight is 450 g/mol. The summed E-state index contributed by atoms with van der Waals surface area (Å²) in [6.07, 6.45) is 3.47. The lowest BCUT2D eigenvalue weighted by atomic mass is 10.1. The highest BCUT2D eigenvalue weighted by Crippen LogP contribution is 2.28. The van der Waals surface area contributed by atoms with E-state index in [9.17, 15) is 4.79 Å². The first-order chi connectivity index (χ1) is 15.6. The average Bonchev–Trinajstić information content (AvgIpc) is 3.25. The summed E-state index contributed by atoms with van der Waals surface area (Å²) in [4.78, 5) is 25.5. The molecular weight excluding hydrogens is 426 g/mol. The second kappa shape index (κ2) is 8.62. The number of fused-ring (bicyclic) bond motifs is 3. The number of aromatic nitrogens is 5. The Hall–Kier alpha value is -3.40. The van der Waals surface area contributed by atoms with Crippen molar-refractivity contribution in [2.45, 2.75) is 12.1 Å². The zero-order valence-electron chi connectivity index (χ0n) is 17.9. The summed E-state index contributed by atoms with van der Waals surface area (Å²) in [7, 11) is 1.65. The fourth-order valence-corrected chi connectivity index (χ4v) is 4.81. The zero-order valence-corrected chi connectivity index (χ0v) is 18.7. The Labute approximate surface area is 189 Å². The van der Waals surface area contributed by atoms with Gasteiger partial charge in [0, 0.05) is 50.0 Å². The van der Waals surface area contributed by atoms with Crippen molar-refractivity contribution in [3.05, 3.63) is 48.3 Å². The molecule has 5 rings (SSSR count). The van der Waals surface area contributed by atoms with Crippen LogP contribution < -0.4 is 9.64 Å². The number of piperazine rings is 1. The minimum absolute atomic E-state index is 0.0920. The van der Waals surface area contributed by atoms with Crippen LogP contribution in [0.5, 0.6) is 5.75 Å². The first-order valence-corrected chi connectivity index (χ1v) is 11.4. The van der Waals surface area contributed by atoms with E-state index in [0.717, 1.165) is 41.0 Å². The van der Waals surface area contributed by atoms with Crippen LogP contribution in [0.15, 0.2) is 47.9 Å². The lowest BCUT2D eigenvalue weighted by Crippen LogP contribution is -2.49. The van der Waals surface area contributed by atoms with Gasteiger partial charge in [-0.3, -0.25) is 9.20 Å². The molecule has 0 unspecified atom stereocenters. The third kappa shape index (κ3) is 3.81. The standard InChI is InChI=1S/C22H23N7O2S/c1-15-12-19-25-26-22(29(19)18-13-16(31-2)4-5-17(15)18)32-14-20(30)27-8-10-28(11-9-27)21-23-6-3-7-24-21/h3-7,12-13H,8-11,14H2,1-2H3. The second-order valence-electron chi connectivity index (χ2n) is 7.59. The van der Waals surface area contributed by atoms with Gasteiger partial charge in [0.25, 0.3) is 0 Å². The van der Waals surface area contributed by atoms with Gasteiger partial charge in [-0.15, -0.1) is 10.2 Å². The maximum atomic E-state index is 12.9. The van der Waals surface area contributed by atoms with Crippen molar-refractivity contribution in [3.8, 4) is 5.75 Å². The highest BCUT2D eigenvalue weighted by Gasteiger charge is 2.23. The molecule has 164 valence electrons. The van der Waals surface area contributed by atoms with Crippen LogP contribution in [0.1, 0.15) is 5.56 Å². The van der Waals surface area contributed by atoms with Crippen LogP contribution in [-0.4, -0.2) is 74.4 Å². The van der Waals surface area contributed by atoms with Crippen molar-refractivity contribution in [1.29, 1.82) is 0 Å². The van der Waals surface area contributed by atoms with Crippen LogP contribution in [0.25, 0.3) is 16.6 Å². The number of rotatable bonds is 5. The van der Waals surface area contributed by atoms with Crippen molar-refractivity contribution in [1.82, 2.24) is 29.5 Å². The predicted octanol–water partition coefficient (Wildman–Crippen LogP) is 2.43. The lowest BCUT2D eigenvalue weighted by molar-refractivity contribution is -0.128. The largest absolute Gasteiger partial charge is 0.497 e. The number of hydrogen-bond donors (Lipinski definition) is 0. The molecule has 9 nitrogen and oxygen atoms in total. The number of anilines is 1. The number of carbonyl (C=O) groups excluding carboxylic acids is 1. The first kappa shape index (κ1) is 20.5. The van der Waals surface area contributed by atoms with E-state index in [-0.39, 0.29) is 5.91 Å². The van der Waals surface area contributed by atoms with E-state index in [1.54, 1.807) is 25.6 Å². The van der Waals surface area contributed by atoms with Gasteiger partial charge >= 0.3 is 0 Å². The third-order valence-corrected chi connectivity index (χ3v) is 6.58. The van der Waals surface area contributed by atoms with Crippen molar-refractivity contribution in [2.24, 2.45) is 0 Å². The number of aryl methyl sites for hydroxylation is 1. The van der Waals surface area contributed by atoms with E-state index < -0.39 is 0 Å². The summed E-state index contributed by atoms with van der Waals surface area (Å²) < 4.78 is 7.40. The molecule has 0 spiro atoms. The van der Waals surface area contributed by atoms with Gasteiger partial charge in [0.1, 0.15) is 5.75 Å². The van der Waals surface area contributed by atoms with E-state index in [4.69, 9.17) is 4.74 Å². The Morgan fingerprint density at radius 3 is 2.62 bits per heavy atom. The number of carbonyl (C=O) groups is 1. The maximum absolute atomic E-state index is 12.9. The molecule has 1 saturated heterocycles. The molecule has 0 atom stereocenters. The van der Waals surface area contributed by atoms with Gasteiger partial charge in [0.05, 0.1) is 18.4 Å². The zero-order chi connectivity index (χ0) is 22.1. The molecule has 0 radical (unpaired) electrons. The fourth-order valence-electron chi connectivity index (χ4n) is 3.95. The van der Waals surface area contributed by atoms with Gasteiger partial charge in [-0.1, -0.05) is 11.8 Å². The quantitative estimate of drug-likeness (QED) is 0.429. The van der Waals surface area contributed by atoms with Gasteiger partial charge in [-0.05, 0) is 36.8 Å². The number of amides is 1. The molecule has 1 fully saturated rings. The number of pyridine rings is 1. The Kier molecular flexibility index (Phi) is 5.52. The summed E-state index contributed by atoms with van der Waals surface area (Å²) in [5.74, 6) is 1.88. The second-order valence-corrected chi connectivity index (χ2v) is 8.53. The molecule has 0 saturated carbocycles. The van der Waals surface area contributed by atoms with Gasteiger partial charge in [-0.2, -0.15) is 0 Å². The number of methoxy groups -OCH3 is 1. The normalized spacial score (nSPS) is 14.3. The van der Waals surface area contributed by atoms with Crippen molar-refractivity contribution in [2.75, 3.05) is 43.9 Å². The van der Waals surface area contributed by atoms with Gasteiger partial charge < -0.3 is 14.5 Å². The first-order valence-electron chi connectivity index (χ1n) is 10.4. The van der Waals surface area contributed by atoms with E-state index in [2.05, 4.69) is 32.0 Å². The van der Waals surface area contributed by atoms with Gasteiger partial charge in [-0.25, -0.2) is 9.97 Å². The molecule has 1 aliphatic heterocycles. The molecule has 10 heteroatoms. The fraction of sp³-hybridized carbons (Fsp3) is 0.318. The third-order valence-electron chi connectivity index (χ3n) is 5.67. The van der Waals surface area contributed by atoms with Crippen LogP contribution in [0.2, 0.25) is 0 Å². The smallest absolute Gasteiger partial charge is 0.233 e. The van der Waals surface area contributed by atoms with E-state index >= 15 is 0 Å². The SMILES string of the molecule is COc1ccc2c(C)cc3nnc(SCC(=O)N4CCN(c5ncccn5)CC4)n3c2c1. The van der Waals surface area contributed by atoms with Crippen LogP contribution in [-0.2, 0) is 4.79 Å². The van der Waals surface area contributed by atoms with Crippen molar-refractivity contribution < 1.29 is 9.53 Å². The monoisotopic (exact) mass is 449 g/mol.